The smallest absolute Gasteiger partial charge is 0.00684 e. The maximum Gasteiger partial charge on any atom is 0.00684 e. The predicted molar refractivity (Wildman–Crippen MR) is 74.4 cm³/mol. The second kappa shape index (κ2) is 5.68. The molecule has 1 aliphatic rings. The summed E-state index contributed by atoms with van der Waals surface area (Å²) in [5, 5.41) is 3.70. The molecule has 0 aliphatic heterocycles. The van der Waals surface area contributed by atoms with Crippen LogP contribution in [0.25, 0.3) is 0 Å². The van der Waals surface area contributed by atoms with Gasteiger partial charge in [0.1, 0.15) is 0 Å². The van der Waals surface area contributed by atoms with Gasteiger partial charge in [-0.15, -0.1) is 0 Å². The first-order valence-electron chi connectivity index (χ1n) is 7.01. The van der Waals surface area contributed by atoms with Gasteiger partial charge in [0, 0.05) is 12.6 Å². The van der Waals surface area contributed by atoms with Crippen molar-refractivity contribution < 1.29 is 0 Å². The van der Waals surface area contributed by atoms with Gasteiger partial charge in [-0.25, -0.2) is 0 Å². The molecule has 2 rings (SSSR count). The summed E-state index contributed by atoms with van der Waals surface area (Å²) >= 11 is 0. The number of nitrogens with one attached hydrogen (secondary N) is 1. The lowest BCUT2D eigenvalue weighted by Gasteiger charge is -2.25. The summed E-state index contributed by atoms with van der Waals surface area (Å²) in [6, 6.07) is 9.67. The topological polar surface area (TPSA) is 12.0 Å². The van der Waals surface area contributed by atoms with Crippen LogP contribution in [0.2, 0.25) is 0 Å². The number of hydrogen-bond donors (Lipinski definition) is 1. The molecule has 1 saturated carbocycles. The number of hydrogen-bond acceptors (Lipinski definition) is 1. The zero-order valence-corrected chi connectivity index (χ0v) is 11.4. The van der Waals surface area contributed by atoms with Gasteiger partial charge in [0.15, 0.2) is 0 Å². The fourth-order valence-electron chi connectivity index (χ4n) is 2.49. The Morgan fingerprint density at radius 1 is 1.29 bits per heavy atom. The van der Waals surface area contributed by atoms with E-state index >= 15 is 0 Å². The Hall–Kier alpha value is -0.820. The summed E-state index contributed by atoms with van der Waals surface area (Å²) < 4.78 is 0. The van der Waals surface area contributed by atoms with Gasteiger partial charge in [-0.2, -0.15) is 0 Å². The second-order valence-corrected chi connectivity index (χ2v) is 5.53. The molecule has 1 heteroatoms. The lowest BCUT2D eigenvalue weighted by molar-refractivity contribution is 0.418. The molecule has 1 aliphatic carbocycles. The molecule has 0 amide bonds. The van der Waals surface area contributed by atoms with Crippen LogP contribution in [-0.2, 0) is 0 Å². The molecular formula is C16H25N. The number of benzene rings is 1. The Morgan fingerprint density at radius 2 is 2.00 bits per heavy atom. The van der Waals surface area contributed by atoms with Crippen LogP contribution in [-0.4, -0.2) is 12.6 Å². The number of rotatable bonds is 6. The van der Waals surface area contributed by atoms with E-state index in [0.717, 1.165) is 18.5 Å². The van der Waals surface area contributed by atoms with Gasteiger partial charge in [0.05, 0.1) is 0 Å². The zero-order chi connectivity index (χ0) is 12.3. The quantitative estimate of drug-likeness (QED) is 0.783. The lowest BCUT2D eigenvalue weighted by atomic mass is 9.83. The van der Waals surface area contributed by atoms with Crippen molar-refractivity contribution in [3.05, 3.63) is 35.4 Å². The molecule has 2 atom stereocenters. The van der Waals surface area contributed by atoms with E-state index in [-0.39, 0.29) is 0 Å². The lowest BCUT2D eigenvalue weighted by Crippen LogP contribution is -2.27. The average Bonchev–Trinajstić information content (AvgIpc) is 3.15. The molecule has 0 radical (unpaired) electrons. The largest absolute Gasteiger partial charge is 0.313 e. The normalized spacial score (nSPS) is 19.0. The van der Waals surface area contributed by atoms with Crippen molar-refractivity contribution in [2.24, 2.45) is 5.92 Å². The fraction of sp³-hybridized carbons (Fsp3) is 0.625. The van der Waals surface area contributed by atoms with E-state index in [1.807, 2.05) is 0 Å². The minimum absolute atomic E-state index is 0.668. The molecule has 0 spiro atoms. The maximum atomic E-state index is 3.70. The Bertz CT molecular complexity index is 354. The highest BCUT2D eigenvalue weighted by Gasteiger charge is 2.25. The third kappa shape index (κ3) is 3.32. The van der Waals surface area contributed by atoms with Crippen LogP contribution in [0.5, 0.6) is 0 Å². The first kappa shape index (κ1) is 12.6. The van der Waals surface area contributed by atoms with E-state index in [4.69, 9.17) is 0 Å². The van der Waals surface area contributed by atoms with E-state index in [1.54, 1.807) is 0 Å². The molecule has 94 valence electrons. The molecule has 0 bridgehead atoms. The van der Waals surface area contributed by atoms with Gasteiger partial charge < -0.3 is 5.32 Å². The third-order valence-electron chi connectivity index (χ3n) is 4.12. The van der Waals surface area contributed by atoms with Crippen molar-refractivity contribution in [2.75, 3.05) is 6.54 Å². The highest BCUT2D eigenvalue weighted by atomic mass is 14.9. The first-order chi connectivity index (χ1) is 8.22. The molecule has 1 fully saturated rings. The molecule has 0 saturated heterocycles. The van der Waals surface area contributed by atoms with Crippen LogP contribution in [0.4, 0.5) is 0 Å². The van der Waals surface area contributed by atoms with Crippen LogP contribution >= 0.6 is 0 Å². The Balaban J connectivity index is 2.10. The van der Waals surface area contributed by atoms with Crippen molar-refractivity contribution in [3.8, 4) is 0 Å². The van der Waals surface area contributed by atoms with E-state index in [1.165, 1.54) is 30.4 Å². The molecule has 1 aromatic rings. The zero-order valence-electron chi connectivity index (χ0n) is 11.4. The maximum absolute atomic E-state index is 3.70. The summed E-state index contributed by atoms with van der Waals surface area (Å²) in [4.78, 5) is 0. The van der Waals surface area contributed by atoms with Gasteiger partial charge in [0.2, 0.25) is 0 Å². The van der Waals surface area contributed by atoms with Gasteiger partial charge in [-0.3, -0.25) is 0 Å². The summed E-state index contributed by atoms with van der Waals surface area (Å²) in [5.41, 5.74) is 2.98. The SMILES string of the molecule is CCC(C)C(CNC1CC1)c1ccccc1C. The Morgan fingerprint density at radius 3 is 2.59 bits per heavy atom. The number of aryl methyl sites for hydroxylation is 1. The van der Waals surface area contributed by atoms with Crippen LogP contribution in [0.3, 0.4) is 0 Å². The summed E-state index contributed by atoms with van der Waals surface area (Å²) in [7, 11) is 0. The first-order valence-corrected chi connectivity index (χ1v) is 7.01. The monoisotopic (exact) mass is 231 g/mol. The molecule has 1 N–H and O–H groups in total. The highest BCUT2D eigenvalue weighted by Crippen LogP contribution is 2.30. The predicted octanol–water partition coefficient (Wildman–Crippen LogP) is 3.88. The Kier molecular flexibility index (Phi) is 4.22. The van der Waals surface area contributed by atoms with Crippen molar-refractivity contribution in [2.45, 2.75) is 52.0 Å². The van der Waals surface area contributed by atoms with Gasteiger partial charge in [-0.1, -0.05) is 44.5 Å². The molecule has 1 aromatic carbocycles. The van der Waals surface area contributed by atoms with Gasteiger partial charge in [-0.05, 0) is 42.7 Å². The summed E-state index contributed by atoms with van der Waals surface area (Å²) in [6.07, 6.45) is 4.01. The second-order valence-electron chi connectivity index (χ2n) is 5.53. The van der Waals surface area contributed by atoms with Crippen LogP contribution in [0.1, 0.15) is 50.2 Å². The van der Waals surface area contributed by atoms with Gasteiger partial charge in [0.25, 0.3) is 0 Å². The standard InChI is InChI=1S/C16H25N/c1-4-12(2)16(11-17-14-9-10-14)15-8-6-5-7-13(15)3/h5-8,12,14,16-17H,4,9-11H2,1-3H3. The fourth-order valence-corrected chi connectivity index (χ4v) is 2.49. The molecule has 17 heavy (non-hydrogen) atoms. The molecule has 0 aromatic heterocycles. The van der Waals surface area contributed by atoms with Crippen LogP contribution in [0.15, 0.2) is 24.3 Å². The minimum Gasteiger partial charge on any atom is -0.313 e. The van der Waals surface area contributed by atoms with Crippen molar-refractivity contribution in [1.82, 2.24) is 5.32 Å². The van der Waals surface area contributed by atoms with Crippen LogP contribution < -0.4 is 5.32 Å². The summed E-state index contributed by atoms with van der Waals surface area (Å²) in [6.45, 7) is 8.06. The molecular weight excluding hydrogens is 206 g/mol. The highest BCUT2D eigenvalue weighted by molar-refractivity contribution is 5.30. The van der Waals surface area contributed by atoms with Crippen molar-refractivity contribution in [1.29, 1.82) is 0 Å². The van der Waals surface area contributed by atoms with Crippen molar-refractivity contribution in [3.63, 3.8) is 0 Å². The van der Waals surface area contributed by atoms with E-state index < -0.39 is 0 Å². The summed E-state index contributed by atoms with van der Waals surface area (Å²) in [5.74, 6) is 1.42. The molecule has 0 heterocycles. The van der Waals surface area contributed by atoms with Gasteiger partial charge >= 0.3 is 0 Å². The van der Waals surface area contributed by atoms with Crippen LogP contribution in [0, 0.1) is 12.8 Å². The van der Waals surface area contributed by atoms with E-state index in [9.17, 15) is 0 Å². The van der Waals surface area contributed by atoms with E-state index in [0.29, 0.717) is 5.92 Å². The van der Waals surface area contributed by atoms with Crippen molar-refractivity contribution >= 4 is 0 Å². The average molecular weight is 231 g/mol. The van der Waals surface area contributed by atoms with E-state index in [2.05, 4.69) is 50.4 Å². The Labute approximate surface area is 106 Å². The third-order valence-corrected chi connectivity index (χ3v) is 4.12. The molecule has 1 nitrogen and oxygen atoms in total. The minimum atomic E-state index is 0.668. The molecule has 2 unspecified atom stereocenters.